The van der Waals surface area contributed by atoms with E-state index >= 15 is 0 Å². The smallest absolute Gasteiger partial charge is 0.279 e. The predicted molar refractivity (Wildman–Crippen MR) is 115 cm³/mol. The van der Waals surface area contributed by atoms with E-state index in [9.17, 15) is 4.79 Å². The SMILES string of the molecule is COCCn1c(=NC(=O)c2ccc3c(c2)CCCC3)sc2ccc(Cl)c(Cl)c21. The van der Waals surface area contributed by atoms with Gasteiger partial charge in [-0.25, -0.2) is 0 Å². The van der Waals surface area contributed by atoms with Gasteiger partial charge in [-0.1, -0.05) is 40.6 Å². The van der Waals surface area contributed by atoms with Gasteiger partial charge in [-0.15, -0.1) is 0 Å². The predicted octanol–water partition coefficient (Wildman–Crippen LogP) is 5.28. The Balaban J connectivity index is 1.80. The molecule has 1 heterocycles. The largest absolute Gasteiger partial charge is 0.383 e. The van der Waals surface area contributed by atoms with E-state index in [4.69, 9.17) is 27.9 Å². The number of thiazole rings is 1. The van der Waals surface area contributed by atoms with E-state index in [1.807, 2.05) is 22.8 Å². The fraction of sp³-hybridized carbons (Fsp3) is 0.333. The second-order valence-corrected chi connectivity index (χ2v) is 8.64. The number of carbonyl (C=O) groups is 1. The van der Waals surface area contributed by atoms with E-state index in [1.165, 1.54) is 35.3 Å². The Hall–Kier alpha value is -1.66. The van der Waals surface area contributed by atoms with Gasteiger partial charge in [-0.05, 0) is 61.1 Å². The third-order valence-electron chi connectivity index (χ3n) is 5.05. The molecule has 1 aromatic heterocycles. The van der Waals surface area contributed by atoms with Crippen molar-refractivity contribution >= 4 is 50.7 Å². The van der Waals surface area contributed by atoms with Crippen LogP contribution in [0.1, 0.15) is 34.3 Å². The summed E-state index contributed by atoms with van der Waals surface area (Å²) in [5.74, 6) is -0.242. The summed E-state index contributed by atoms with van der Waals surface area (Å²) in [6.07, 6.45) is 4.51. The molecule has 0 bridgehead atoms. The summed E-state index contributed by atoms with van der Waals surface area (Å²) in [5, 5.41) is 0.944. The second-order valence-electron chi connectivity index (χ2n) is 6.84. The van der Waals surface area contributed by atoms with Crippen LogP contribution >= 0.6 is 34.5 Å². The van der Waals surface area contributed by atoms with Crippen molar-refractivity contribution in [3.05, 3.63) is 61.9 Å². The van der Waals surface area contributed by atoms with E-state index in [0.717, 1.165) is 23.1 Å². The van der Waals surface area contributed by atoms with Crippen LogP contribution in [0.15, 0.2) is 35.3 Å². The highest BCUT2D eigenvalue weighted by Crippen LogP contribution is 2.32. The number of fused-ring (bicyclic) bond motifs is 2. The van der Waals surface area contributed by atoms with E-state index in [1.54, 1.807) is 13.2 Å². The zero-order valence-corrected chi connectivity index (χ0v) is 17.8. The molecule has 1 aliphatic rings. The van der Waals surface area contributed by atoms with Gasteiger partial charge in [0, 0.05) is 19.2 Å². The number of halogens is 2. The third kappa shape index (κ3) is 3.77. The zero-order valence-electron chi connectivity index (χ0n) is 15.5. The first-order chi connectivity index (χ1) is 13.6. The summed E-state index contributed by atoms with van der Waals surface area (Å²) in [6, 6.07) is 9.61. The first-order valence-corrected chi connectivity index (χ1v) is 10.8. The van der Waals surface area contributed by atoms with Crippen molar-refractivity contribution in [2.75, 3.05) is 13.7 Å². The fourth-order valence-corrected chi connectivity index (χ4v) is 5.13. The highest BCUT2D eigenvalue weighted by Gasteiger charge is 2.15. The van der Waals surface area contributed by atoms with E-state index in [0.29, 0.717) is 33.6 Å². The number of aromatic nitrogens is 1. The molecular weight excluding hydrogens is 415 g/mol. The molecule has 0 radical (unpaired) electrons. The molecule has 2 aromatic carbocycles. The van der Waals surface area contributed by atoms with Gasteiger partial charge in [-0.2, -0.15) is 4.99 Å². The van der Waals surface area contributed by atoms with Gasteiger partial charge >= 0.3 is 0 Å². The highest BCUT2D eigenvalue weighted by atomic mass is 35.5. The van der Waals surface area contributed by atoms with E-state index in [2.05, 4.69) is 11.1 Å². The minimum Gasteiger partial charge on any atom is -0.383 e. The van der Waals surface area contributed by atoms with Crippen LogP contribution in [0.2, 0.25) is 10.0 Å². The second kappa shape index (κ2) is 8.37. The van der Waals surface area contributed by atoms with Crippen molar-refractivity contribution in [1.29, 1.82) is 0 Å². The summed E-state index contributed by atoms with van der Waals surface area (Å²) >= 11 is 14.1. The molecule has 7 heteroatoms. The minimum atomic E-state index is -0.242. The molecule has 0 saturated carbocycles. The number of methoxy groups -OCH3 is 1. The molecule has 28 heavy (non-hydrogen) atoms. The van der Waals surface area contributed by atoms with Gasteiger partial charge in [0.05, 0.1) is 26.9 Å². The van der Waals surface area contributed by atoms with Crippen LogP contribution in [-0.4, -0.2) is 24.2 Å². The summed E-state index contributed by atoms with van der Waals surface area (Å²) < 4.78 is 8.07. The van der Waals surface area contributed by atoms with Crippen LogP contribution in [0, 0.1) is 0 Å². The first-order valence-electron chi connectivity index (χ1n) is 9.25. The molecule has 0 atom stereocenters. The molecule has 0 unspecified atom stereocenters. The Labute approximate surface area is 177 Å². The summed E-state index contributed by atoms with van der Waals surface area (Å²) in [7, 11) is 1.64. The molecule has 0 saturated heterocycles. The number of benzene rings is 2. The van der Waals surface area contributed by atoms with Crippen LogP contribution < -0.4 is 4.80 Å². The zero-order chi connectivity index (χ0) is 19.7. The summed E-state index contributed by atoms with van der Waals surface area (Å²) in [5.41, 5.74) is 4.03. The highest BCUT2D eigenvalue weighted by molar-refractivity contribution is 7.16. The standard InChI is InChI=1S/C21H20Cl2N2O2S/c1-27-11-10-25-19-17(9-8-16(22)18(19)23)28-21(25)24-20(26)15-7-6-13-4-2-3-5-14(13)12-15/h6-9,12H,2-5,10-11H2,1H3. The molecule has 1 amide bonds. The molecular formula is C21H20Cl2N2O2S. The lowest BCUT2D eigenvalue weighted by Crippen LogP contribution is -2.19. The van der Waals surface area contributed by atoms with Gasteiger partial charge < -0.3 is 9.30 Å². The number of carbonyl (C=O) groups excluding carboxylic acids is 1. The fourth-order valence-electron chi connectivity index (χ4n) is 3.60. The van der Waals surface area contributed by atoms with Crippen molar-refractivity contribution in [2.24, 2.45) is 4.99 Å². The average Bonchev–Trinajstić information content (AvgIpc) is 3.06. The average molecular weight is 435 g/mol. The monoisotopic (exact) mass is 434 g/mol. The maximum atomic E-state index is 12.9. The van der Waals surface area contributed by atoms with Gasteiger partial charge in [-0.3, -0.25) is 4.79 Å². The first kappa shape index (κ1) is 19.6. The van der Waals surface area contributed by atoms with Crippen LogP contribution in [0.25, 0.3) is 10.2 Å². The van der Waals surface area contributed by atoms with Gasteiger partial charge in [0.25, 0.3) is 5.91 Å². The summed E-state index contributed by atoms with van der Waals surface area (Å²) in [4.78, 5) is 17.9. The molecule has 1 aliphatic carbocycles. The van der Waals surface area contributed by atoms with Gasteiger partial charge in [0.15, 0.2) is 4.80 Å². The van der Waals surface area contributed by atoms with Crippen molar-refractivity contribution in [3.8, 4) is 0 Å². The number of ether oxygens (including phenoxy) is 1. The number of rotatable bonds is 4. The normalized spacial score (nSPS) is 14.5. The number of hydrogen-bond donors (Lipinski definition) is 0. The Kier molecular flexibility index (Phi) is 5.88. The number of amides is 1. The van der Waals surface area contributed by atoms with Crippen LogP contribution in [0.5, 0.6) is 0 Å². The van der Waals surface area contributed by atoms with Crippen LogP contribution in [-0.2, 0) is 24.1 Å². The lowest BCUT2D eigenvalue weighted by Gasteiger charge is -2.15. The number of aryl methyl sites for hydroxylation is 2. The Bertz CT molecular complexity index is 1120. The maximum absolute atomic E-state index is 12.9. The van der Waals surface area contributed by atoms with Crippen LogP contribution in [0.4, 0.5) is 0 Å². The van der Waals surface area contributed by atoms with Crippen LogP contribution in [0.3, 0.4) is 0 Å². The topological polar surface area (TPSA) is 43.6 Å². The van der Waals surface area contributed by atoms with Crippen molar-refractivity contribution in [1.82, 2.24) is 4.57 Å². The molecule has 0 N–H and O–H groups in total. The molecule has 0 spiro atoms. The van der Waals surface area contributed by atoms with Crippen molar-refractivity contribution in [2.45, 2.75) is 32.2 Å². The van der Waals surface area contributed by atoms with E-state index < -0.39 is 0 Å². The molecule has 0 fully saturated rings. The Morgan fingerprint density at radius 3 is 2.75 bits per heavy atom. The minimum absolute atomic E-state index is 0.242. The molecule has 4 rings (SSSR count). The molecule has 3 aromatic rings. The lowest BCUT2D eigenvalue weighted by molar-refractivity contribution is 0.0997. The van der Waals surface area contributed by atoms with Gasteiger partial charge in [0.2, 0.25) is 0 Å². The Morgan fingerprint density at radius 2 is 1.96 bits per heavy atom. The maximum Gasteiger partial charge on any atom is 0.279 e. The Morgan fingerprint density at radius 1 is 1.18 bits per heavy atom. The summed E-state index contributed by atoms with van der Waals surface area (Å²) in [6.45, 7) is 1.02. The molecule has 146 valence electrons. The number of nitrogens with zero attached hydrogens (tertiary/aromatic N) is 2. The van der Waals surface area contributed by atoms with E-state index in [-0.39, 0.29) is 5.91 Å². The quantitative estimate of drug-likeness (QED) is 0.560. The van der Waals surface area contributed by atoms with Gasteiger partial charge in [0.1, 0.15) is 0 Å². The number of hydrogen-bond acceptors (Lipinski definition) is 3. The van der Waals surface area contributed by atoms with Crippen molar-refractivity contribution < 1.29 is 9.53 Å². The molecule has 0 aliphatic heterocycles. The molecule has 4 nitrogen and oxygen atoms in total. The third-order valence-corrected chi connectivity index (χ3v) is 6.88. The lowest BCUT2D eigenvalue weighted by atomic mass is 9.90. The van der Waals surface area contributed by atoms with Crippen molar-refractivity contribution in [3.63, 3.8) is 0 Å².